The fourth-order valence-electron chi connectivity index (χ4n) is 4.76. The molecule has 1 amide bonds. The quantitative estimate of drug-likeness (QED) is 0.696. The Morgan fingerprint density at radius 2 is 1.64 bits per heavy atom. The van der Waals surface area contributed by atoms with Crippen LogP contribution in [-0.2, 0) is 13.1 Å². The Bertz CT molecular complexity index is 994. The second-order valence-corrected chi connectivity index (χ2v) is 8.04. The lowest BCUT2D eigenvalue weighted by Crippen LogP contribution is -2.49. The van der Waals surface area contributed by atoms with E-state index in [4.69, 9.17) is 0 Å². The molecule has 0 saturated carbocycles. The van der Waals surface area contributed by atoms with Crippen molar-refractivity contribution in [2.75, 3.05) is 13.1 Å². The molecule has 2 atom stereocenters. The molecule has 4 nitrogen and oxygen atoms in total. The molecular weight excluding hydrogens is 346 g/mol. The Kier molecular flexibility index (Phi) is 4.29. The molecular formula is C24H25N3O. The summed E-state index contributed by atoms with van der Waals surface area (Å²) in [6.45, 7) is 5.62. The van der Waals surface area contributed by atoms with Crippen molar-refractivity contribution >= 4 is 5.91 Å². The Labute approximate surface area is 166 Å². The number of nitrogens with zero attached hydrogens (tertiary/aromatic N) is 3. The molecule has 2 aromatic carbocycles. The van der Waals surface area contributed by atoms with E-state index in [-0.39, 0.29) is 11.9 Å². The van der Waals surface area contributed by atoms with Gasteiger partial charge in [0.1, 0.15) is 5.69 Å². The second kappa shape index (κ2) is 6.95. The zero-order valence-electron chi connectivity index (χ0n) is 16.2. The normalized spacial score (nSPS) is 21.6. The van der Waals surface area contributed by atoms with Crippen LogP contribution in [0.25, 0.3) is 0 Å². The van der Waals surface area contributed by atoms with Gasteiger partial charge in [-0.2, -0.15) is 0 Å². The Morgan fingerprint density at radius 1 is 0.857 bits per heavy atom. The summed E-state index contributed by atoms with van der Waals surface area (Å²) in [5.74, 6) is 0.146. The number of likely N-dealkylation sites (tertiary alicyclic amines) is 1. The van der Waals surface area contributed by atoms with Gasteiger partial charge in [0.25, 0.3) is 5.91 Å². The molecule has 0 aliphatic carbocycles. The average Bonchev–Trinajstić information content (AvgIpc) is 3.33. The number of hydrogen-bond donors (Lipinski definition) is 0. The van der Waals surface area contributed by atoms with Gasteiger partial charge in [0.2, 0.25) is 0 Å². The van der Waals surface area contributed by atoms with Crippen molar-refractivity contribution in [2.45, 2.75) is 32.1 Å². The summed E-state index contributed by atoms with van der Waals surface area (Å²) in [7, 11) is 0. The number of carbonyl (C=O) groups excluding carboxylic acids is 1. The maximum Gasteiger partial charge on any atom is 0.271 e. The maximum absolute atomic E-state index is 13.2. The third-order valence-electron chi connectivity index (χ3n) is 6.04. The highest BCUT2D eigenvalue weighted by atomic mass is 16.2. The number of benzene rings is 2. The van der Waals surface area contributed by atoms with Crippen LogP contribution in [0.1, 0.15) is 33.2 Å². The monoisotopic (exact) mass is 371 g/mol. The highest BCUT2D eigenvalue weighted by molar-refractivity contribution is 5.94. The van der Waals surface area contributed by atoms with Crippen molar-refractivity contribution in [3.8, 4) is 0 Å². The van der Waals surface area contributed by atoms with Crippen LogP contribution >= 0.6 is 0 Å². The van der Waals surface area contributed by atoms with Crippen LogP contribution in [0, 0.1) is 6.92 Å². The zero-order valence-corrected chi connectivity index (χ0v) is 16.2. The van der Waals surface area contributed by atoms with Crippen molar-refractivity contribution in [1.29, 1.82) is 0 Å². The van der Waals surface area contributed by atoms with Crippen LogP contribution in [0.3, 0.4) is 0 Å². The van der Waals surface area contributed by atoms with Crippen LogP contribution in [0.15, 0.2) is 72.9 Å². The average molecular weight is 371 g/mol. The standard InChI is InChI=1S/C24H25N3O/c1-18-7-5-10-20(13-18)14-25-16-22-23(17-25)27(15-19-8-3-2-4-9-19)24(28)21-11-6-12-26(21)22/h2-13,22-23H,14-17H2,1H3/t22-,23+/m0/s1. The van der Waals surface area contributed by atoms with Crippen LogP contribution in [0.4, 0.5) is 0 Å². The third-order valence-corrected chi connectivity index (χ3v) is 6.04. The molecule has 28 heavy (non-hydrogen) atoms. The fourth-order valence-corrected chi connectivity index (χ4v) is 4.76. The van der Waals surface area contributed by atoms with Crippen molar-refractivity contribution in [3.63, 3.8) is 0 Å². The summed E-state index contributed by atoms with van der Waals surface area (Å²) in [5, 5.41) is 0. The molecule has 1 saturated heterocycles. The van der Waals surface area contributed by atoms with Gasteiger partial charge in [-0.25, -0.2) is 0 Å². The lowest BCUT2D eigenvalue weighted by atomic mass is 10.0. The molecule has 0 spiro atoms. The summed E-state index contributed by atoms with van der Waals surface area (Å²) >= 11 is 0. The Hall–Kier alpha value is -2.85. The van der Waals surface area contributed by atoms with Crippen molar-refractivity contribution in [1.82, 2.24) is 14.4 Å². The van der Waals surface area contributed by atoms with Crippen LogP contribution < -0.4 is 0 Å². The highest BCUT2D eigenvalue weighted by Crippen LogP contribution is 2.35. The number of fused-ring (bicyclic) bond motifs is 3. The molecule has 3 aromatic rings. The molecule has 0 radical (unpaired) electrons. The smallest absolute Gasteiger partial charge is 0.271 e. The van der Waals surface area contributed by atoms with E-state index in [0.29, 0.717) is 12.6 Å². The Morgan fingerprint density at radius 3 is 2.46 bits per heavy atom. The lowest BCUT2D eigenvalue weighted by Gasteiger charge is -2.38. The van der Waals surface area contributed by atoms with Gasteiger partial charge >= 0.3 is 0 Å². The van der Waals surface area contributed by atoms with Gasteiger partial charge in [0.05, 0.1) is 12.1 Å². The molecule has 4 heteroatoms. The number of rotatable bonds is 4. The predicted molar refractivity (Wildman–Crippen MR) is 110 cm³/mol. The molecule has 2 aliphatic heterocycles. The van der Waals surface area contributed by atoms with Gasteiger partial charge in [0.15, 0.2) is 0 Å². The Balaban J connectivity index is 1.43. The fraction of sp³-hybridized carbons (Fsp3) is 0.292. The molecule has 0 bridgehead atoms. The van der Waals surface area contributed by atoms with Crippen LogP contribution in [0.5, 0.6) is 0 Å². The topological polar surface area (TPSA) is 28.5 Å². The summed E-state index contributed by atoms with van der Waals surface area (Å²) in [5.41, 5.74) is 4.64. The van der Waals surface area contributed by atoms with Gasteiger partial charge in [-0.15, -0.1) is 0 Å². The van der Waals surface area contributed by atoms with Gasteiger partial charge < -0.3 is 9.47 Å². The second-order valence-electron chi connectivity index (χ2n) is 8.04. The number of aryl methyl sites for hydroxylation is 1. The number of aromatic nitrogens is 1. The van der Waals surface area contributed by atoms with E-state index in [9.17, 15) is 4.79 Å². The molecule has 3 heterocycles. The molecule has 1 aromatic heterocycles. The van der Waals surface area contributed by atoms with E-state index < -0.39 is 0 Å². The minimum atomic E-state index is 0.146. The first kappa shape index (κ1) is 17.3. The first-order valence-electron chi connectivity index (χ1n) is 9.99. The maximum atomic E-state index is 13.2. The van der Waals surface area contributed by atoms with Crippen molar-refractivity contribution in [2.24, 2.45) is 0 Å². The summed E-state index contributed by atoms with van der Waals surface area (Å²) in [6.07, 6.45) is 2.07. The first-order valence-corrected chi connectivity index (χ1v) is 9.99. The van der Waals surface area contributed by atoms with Gasteiger partial charge in [-0.05, 0) is 30.2 Å². The molecule has 0 unspecified atom stereocenters. The number of amides is 1. The number of hydrogen-bond acceptors (Lipinski definition) is 2. The summed E-state index contributed by atoms with van der Waals surface area (Å²) in [6, 6.07) is 23.5. The van der Waals surface area contributed by atoms with Gasteiger partial charge in [-0.3, -0.25) is 9.69 Å². The van der Waals surface area contributed by atoms with E-state index in [1.54, 1.807) is 0 Å². The van der Waals surface area contributed by atoms with Crippen molar-refractivity contribution in [3.05, 3.63) is 95.3 Å². The SMILES string of the molecule is Cc1cccc(CN2C[C@@H]3[C@H](C2)n2cccc2C(=O)N3Cc2ccccc2)c1. The van der Waals surface area contributed by atoms with E-state index in [1.165, 1.54) is 16.7 Å². The van der Waals surface area contributed by atoms with E-state index in [2.05, 4.69) is 63.9 Å². The summed E-state index contributed by atoms with van der Waals surface area (Å²) in [4.78, 5) is 17.8. The first-order chi connectivity index (χ1) is 13.7. The lowest BCUT2D eigenvalue weighted by molar-refractivity contribution is 0.0556. The highest BCUT2D eigenvalue weighted by Gasteiger charge is 2.44. The van der Waals surface area contributed by atoms with E-state index in [1.807, 2.05) is 30.3 Å². The minimum Gasteiger partial charge on any atom is -0.337 e. The zero-order chi connectivity index (χ0) is 19.1. The third kappa shape index (κ3) is 3.04. The molecule has 1 fully saturated rings. The predicted octanol–water partition coefficient (Wildman–Crippen LogP) is 3.88. The van der Waals surface area contributed by atoms with Crippen LogP contribution in [-0.4, -0.2) is 39.4 Å². The van der Waals surface area contributed by atoms with Gasteiger partial charge in [-0.1, -0.05) is 60.2 Å². The van der Waals surface area contributed by atoms with Crippen LogP contribution in [0.2, 0.25) is 0 Å². The molecule has 5 rings (SSSR count). The molecule has 0 N–H and O–H groups in total. The largest absolute Gasteiger partial charge is 0.337 e. The summed E-state index contributed by atoms with van der Waals surface area (Å²) < 4.78 is 2.20. The van der Waals surface area contributed by atoms with Gasteiger partial charge in [0, 0.05) is 32.4 Å². The number of carbonyl (C=O) groups is 1. The van der Waals surface area contributed by atoms with E-state index >= 15 is 0 Å². The van der Waals surface area contributed by atoms with Crippen molar-refractivity contribution < 1.29 is 4.79 Å². The molecule has 142 valence electrons. The van der Waals surface area contributed by atoms with E-state index in [0.717, 1.165) is 25.3 Å². The molecule has 2 aliphatic rings. The minimum absolute atomic E-state index is 0.146.